The van der Waals surface area contributed by atoms with E-state index in [2.05, 4.69) is 23.9 Å². The van der Waals surface area contributed by atoms with Gasteiger partial charge in [-0.1, -0.05) is 30.3 Å². The molecule has 0 radical (unpaired) electrons. The maximum Gasteiger partial charge on any atom is 0.166 e. The van der Waals surface area contributed by atoms with Gasteiger partial charge in [-0.05, 0) is 90.2 Å². The lowest BCUT2D eigenvalue weighted by atomic mass is 9.89. The smallest absolute Gasteiger partial charge is 0.166 e. The van der Waals surface area contributed by atoms with E-state index in [9.17, 15) is 14.0 Å². The van der Waals surface area contributed by atoms with E-state index in [4.69, 9.17) is 0 Å². The molecular weight excluding hydrogens is 391 g/mol. The summed E-state index contributed by atoms with van der Waals surface area (Å²) >= 11 is 0. The lowest BCUT2D eigenvalue weighted by molar-refractivity contribution is 0.0849. The Morgan fingerprint density at radius 3 is 1.48 bits per heavy atom. The van der Waals surface area contributed by atoms with Gasteiger partial charge in [-0.15, -0.1) is 0 Å². The summed E-state index contributed by atoms with van der Waals surface area (Å²) < 4.78 is 12.7. The molecule has 0 aliphatic carbocycles. The zero-order valence-electron chi connectivity index (χ0n) is 18.6. The van der Waals surface area contributed by atoms with E-state index >= 15 is 0 Å². The molecule has 0 bridgehead atoms. The number of hydrogen-bond donors (Lipinski definition) is 0. The summed E-state index contributed by atoms with van der Waals surface area (Å²) in [5.74, 6) is 0.544. The van der Waals surface area contributed by atoms with Crippen molar-refractivity contribution >= 4 is 11.6 Å². The molecule has 5 heteroatoms. The highest BCUT2D eigenvalue weighted by molar-refractivity contribution is 5.98. The molecule has 166 valence electrons. The van der Waals surface area contributed by atoms with Crippen LogP contribution in [0.3, 0.4) is 0 Å². The van der Waals surface area contributed by atoms with E-state index in [1.54, 1.807) is 12.1 Å². The minimum Gasteiger partial charge on any atom is -0.306 e. The minimum atomic E-state index is -0.292. The van der Waals surface area contributed by atoms with Gasteiger partial charge >= 0.3 is 0 Å². The molecule has 0 amide bonds. The normalized spacial score (nSPS) is 18.8. The van der Waals surface area contributed by atoms with Crippen LogP contribution in [0.15, 0.2) is 54.6 Å². The average Bonchev–Trinajstić information content (AvgIpc) is 2.81. The van der Waals surface area contributed by atoms with Crippen molar-refractivity contribution in [3.63, 3.8) is 0 Å². The Labute approximate surface area is 185 Å². The van der Waals surface area contributed by atoms with Gasteiger partial charge in [-0.3, -0.25) is 9.59 Å². The van der Waals surface area contributed by atoms with Gasteiger partial charge < -0.3 is 9.80 Å². The van der Waals surface area contributed by atoms with Crippen LogP contribution in [0, 0.1) is 17.7 Å². The number of hydrogen-bond acceptors (Lipinski definition) is 4. The van der Waals surface area contributed by atoms with Crippen molar-refractivity contribution < 1.29 is 14.0 Å². The number of carbonyl (C=O) groups excluding carboxylic acids is 2. The summed E-state index contributed by atoms with van der Waals surface area (Å²) in [7, 11) is 4.18. The number of Topliss-reactive ketones (excluding diaryl/α,β-unsaturated/α-hetero) is 2. The average molecular weight is 425 g/mol. The second-order valence-corrected chi connectivity index (χ2v) is 8.76. The highest BCUT2D eigenvalue weighted by Crippen LogP contribution is 2.22. The molecule has 0 unspecified atom stereocenters. The van der Waals surface area contributed by atoms with Gasteiger partial charge in [0, 0.05) is 23.0 Å². The zero-order chi connectivity index (χ0) is 22.2. The van der Waals surface area contributed by atoms with E-state index < -0.39 is 0 Å². The topological polar surface area (TPSA) is 40.6 Å². The summed E-state index contributed by atoms with van der Waals surface area (Å²) in [6, 6.07) is 15.5. The Balaban J connectivity index is 0.000000176. The zero-order valence-corrected chi connectivity index (χ0v) is 18.6. The first-order valence-electron chi connectivity index (χ1n) is 11.2. The van der Waals surface area contributed by atoms with Crippen LogP contribution in [-0.2, 0) is 0 Å². The summed E-state index contributed by atoms with van der Waals surface area (Å²) in [4.78, 5) is 28.7. The number of carbonyl (C=O) groups is 2. The molecule has 0 spiro atoms. The lowest BCUT2D eigenvalue weighted by Gasteiger charge is -2.27. The molecule has 2 aromatic rings. The van der Waals surface area contributed by atoms with Gasteiger partial charge in [0.2, 0.25) is 0 Å². The van der Waals surface area contributed by atoms with Crippen LogP contribution in [0.25, 0.3) is 0 Å². The number of piperidine rings is 2. The number of halogens is 1. The fourth-order valence-electron chi connectivity index (χ4n) is 4.23. The summed E-state index contributed by atoms with van der Waals surface area (Å²) in [6.45, 7) is 4.03. The Morgan fingerprint density at radius 2 is 1.06 bits per heavy atom. The van der Waals surface area contributed by atoms with Crippen molar-refractivity contribution in [2.24, 2.45) is 11.8 Å². The fourth-order valence-corrected chi connectivity index (χ4v) is 4.23. The van der Waals surface area contributed by atoms with Crippen LogP contribution in [0.1, 0.15) is 46.4 Å². The molecule has 0 N–H and O–H groups in total. The molecule has 2 aromatic carbocycles. The molecule has 0 atom stereocenters. The Kier molecular flexibility index (Phi) is 8.50. The first-order chi connectivity index (χ1) is 14.9. The van der Waals surface area contributed by atoms with Crippen LogP contribution in [0.2, 0.25) is 0 Å². The van der Waals surface area contributed by atoms with Crippen molar-refractivity contribution in [1.82, 2.24) is 9.80 Å². The molecule has 31 heavy (non-hydrogen) atoms. The third-order valence-electron chi connectivity index (χ3n) is 6.37. The van der Waals surface area contributed by atoms with Crippen molar-refractivity contribution in [3.05, 3.63) is 71.5 Å². The second kappa shape index (κ2) is 11.3. The van der Waals surface area contributed by atoms with Crippen LogP contribution in [0.5, 0.6) is 0 Å². The number of nitrogens with zero attached hydrogens (tertiary/aromatic N) is 2. The van der Waals surface area contributed by atoms with Crippen molar-refractivity contribution in [3.8, 4) is 0 Å². The first-order valence-corrected chi connectivity index (χ1v) is 11.2. The van der Waals surface area contributed by atoms with Gasteiger partial charge in [0.1, 0.15) is 5.82 Å². The summed E-state index contributed by atoms with van der Waals surface area (Å²) in [6.07, 6.45) is 3.83. The van der Waals surface area contributed by atoms with Gasteiger partial charge in [0.05, 0.1) is 0 Å². The maximum absolute atomic E-state index is 12.7. The van der Waals surface area contributed by atoms with E-state index in [0.29, 0.717) is 11.3 Å². The molecule has 2 aliphatic heterocycles. The Morgan fingerprint density at radius 1 is 0.677 bits per heavy atom. The number of likely N-dealkylation sites (tertiary alicyclic amines) is 2. The molecule has 2 heterocycles. The minimum absolute atomic E-state index is 0.113. The molecule has 0 aromatic heterocycles. The molecule has 2 saturated heterocycles. The predicted molar refractivity (Wildman–Crippen MR) is 122 cm³/mol. The fraction of sp³-hybridized carbons (Fsp3) is 0.462. The van der Waals surface area contributed by atoms with Gasteiger partial charge in [-0.2, -0.15) is 0 Å². The summed E-state index contributed by atoms with van der Waals surface area (Å²) in [5, 5.41) is 0. The highest BCUT2D eigenvalue weighted by atomic mass is 19.1. The van der Waals surface area contributed by atoms with E-state index in [-0.39, 0.29) is 23.4 Å². The first kappa shape index (κ1) is 23.3. The molecule has 4 nitrogen and oxygen atoms in total. The standard InChI is InChI=1S/C13H16FNO.C13H17NO/c1-15-8-6-11(7-9-15)13(16)10-2-4-12(14)5-3-10;1-14-9-7-12(8-10-14)13(15)11-5-3-2-4-6-11/h2-5,11H,6-9H2,1H3;2-6,12H,7-10H2,1H3. The van der Waals surface area contributed by atoms with Crippen LogP contribution in [0.4, 0.5) is 4.39 Å². The largest absolute Gasteiger partial charge is 0.306 e. The number of ketones is 2. The maximum atomic E-state index is 12.7. The molecule has 2 aliphatic rings. The second-order valence-electron chi connectivity index (χ2n) is 8.76. The van der Waals surface area contributed by atoms with Gasteiger partial charge in [0.25, 0.3) is 0 Å². The van der Waals surface area contributed by atoms with E-state index in [1.807, 2.05) is 30.3 Å². The number of rotatable bonds is 4. The molecule has 4 rings (SSSR count). The van der Waals surface area contributed by atoms with E-state index in [0.717, 1.165) is 57.4 Å². The molecular formula is C26H33FN2O2. The van der Waals surface area contributed by atoms with Crippen molar-refractivity contribution in [2.45, 2.75) is 25.7 Å². The number of benzene rings is 2. The van der Waals surface area contributed by atoms with Crippen molar-refractivity contribution in [2.75, 3.05) is 40.3 Å². The highest BCUT2D eigenvalue weighted by Gasteiger charge is 2.25. The summed E-state index contributed by atoms with van der Waals surface area (Å²) in [5.41, 5.74) is 1.50. The van der Waals surface area contributed by atoms with Crippen LogP contribution < -0.4 is 0 Å². The van der Waals surface area contributed by atoms with Gasteiger partial charge in [-0.25, -0.2) is 4.39 Å². The lowest BCUT2D eigenvalue weighted by Crippen LogP contribution is -2.33. The van der Waals surface area contributed by atoms with E-state index in [1.165, 1.54) is 12.1 Å². The van der Waals surface area contributed by atoms with Crippen molar-refractivity contribution in [1.29, 1.82) is 0 Å². The van der Waals surface area contributed by atoms with Crippen LogP contribution >= 0.6 is 0 Å². The van der Waals surface area contributed by atoms with Gasteiger partial charge in [0.15, 0.2) is 11.6 Å². The third-order valence-corrected chi connectivity index (χ3v) is 6.37. The van der Waals surface area contributed by atoms with Crippen LogP contribution in [-0.4, -0.2) is 61.6 Å². The Hall–Kier alpha value is -2.37. The monoisotopic (exact) mass is 424 g/mol. The SMILES string of the molecule is CN1CCC(C(=O)c2ccc(F)cc2)CC1.CN1CCC(C(=O)c2ccccc2)CC1. The third kappa shape index (κ3) is 6.81. The Bertz CT molecular complexity index is 837. The molecule has 2 fully saturated rings. The quantitative estimate of drug-likeness (QED) is 0.675. The predicted octanol–water partition coefficient (Wildman–Crippen LogP) is 4.56. The molecule has 0 saturated carbocycles.